The molecule has 2 aliphatic carbocycles. The zero-order valence-corrected chi connectivity index (χ0v) is 10.3. The van der Waals surface area contributed by atoms with Crippen LogP contribution in [-0.4, -0.2) is 23.9 Å². The van der Waals surface area contributed by atoms with Gasteiger partial charge in [-0.2, -0.15) is 5.26 Å². The van der Waals surface area contributed by atoms with Crippen molar-refractivity contribution >= 4 is 5.91 Å². The van der Waals surface area contributed by atoms with Crippen molar-refractivity contribution in [3.63, 3.8) is 0 Å². The number of fused-ring (bicyclic) bond motifs is 1. The third kappa shape index (κ3) is 1.94. The van der Waals surface area contributed by atoms with Crippen molar-refractivity contribution < 1.29 is 4.79 Å². The smallest absolute Gasteiger partial charge is 0.226 e. The van der Waals surface area contributed by atoms with Crippen LogP contribution in [0.5, 0.6) is 0 Å². The maximum atomic E-state index is 12.4. The fraction of sp³-hybridized carbons (Fsp3) is 0.857. The molecule has 3 fully saturated rings. The van der Waals surface area contributed by atoms with Crippen molar-refractivity contribution in [1.29, 1.82) is 5.26 Å². The summed E-state index contributed by atoms with van der Waals surface area (Å²) in [7, 11) is 0. The van der Waals surface area contributed by atoms with E-state index in [-0.39, 0.29) is 5.92 Å². The van der Waals surface area contributed by atoms with E-state index in [1.54, 1.807) is 0 Å². The highest BCUT2D eigenvalue weighted by atomic mass is 16.2. The molecule has 92 valence electrons. The summed E-state index contributed by atoms with van der Waals surface area (Å²) in [5.74, 6) is 2.37. The van der Waals surface area contributed by atoms with Crippen molar-refractivity contribution in [3.05, 3.63) is 0 Å². The molecule has 0 bridgehead atoms. The van der Waals surface area contributed by atoms with E-state index >= 15 is 0 Å². The summed E-state index contributed by atoms with van der Waals surface area (Å²) in [5, 5.41) is 8.85. The number of hydrogen-bond acceptors (Lipinski definition) is 2. The van der Waals surface area contributed by atoms with Gasteiger partial charge in [-0.1, -0.05) is 12.8 Å². The van der Waals surface area contributed by atoms with Crippen LogP contribution in [0.15, 0.2) is 0 Å². The predicted molar refractivity (Wildman–Crippen MR) is 63.9 cm³/mol. The number of likely N-dealkylation sites (tertiary alicyclic amines) is 1. The van der Waals surface area contributed by atoms with Crippen LogP contribution < -0.4 is 0 Å². The number of piperidine rings is 1. The summed E-state index contributed by atoms with van der Waals surface area (Å²) in [5.41, 5.74) is 0. The second-order valence-corrected chi connectivity index (χ2v) is 5.87. The van der Waals surface area contributed by atoms with Crippen LogP contribution in [-0.2, 0) is 4.79 Å². The summed E-state index contributed by atoms with van der Waals surface area (Å²) in [6.07, 6.45) is 6.95. The Bertz CT molecular complexity index is 340. The minimum Gasteiger partial charge on any atom is -0.342 e. The van der Waals surface area contributed by atoms with Crippen LogP contribution in [0.2, 0.25) is 0 Å². The highest BCUT2D eigenvalue weighted by Crippen LogP contribution is 2.56. The third-order valence-electron chi connectivity index (χ3n) is 4.93. The highest BCUT2D eigenvalue weighted by Gasteiger charge is 2.55. The van der Waals surface area contributed by atoms with E-state index in [4.69, 9.17) is 5.26 Å². The minimum absolute atomic E-state index is 0.181. The molecule has 0 radical (unpaired) electrons. The minimum atomic E-state index is 0.181. The quantitative estimate of drug-likeness (QED) is 0.695. The third-order valence-corrected chi connectivity index (χ3v) is 4.93. The Morgan fingerprint density at radius 3 is 2.18 bits per heavy atom. The Labute approximate surface area is 103 Å². The number of amides is 1. The zero-order chi connectivity index (χ0) is 11.8. The van der Waals surface area contributed by atoms with Crippen LogP contribution in [0.25, 0.3) is 0 Å². The van der Waals surface area contributed by atoms with Crippen molar-refractivity contribution in [3.8, 4) is 6.07 Å². The van der Waals surface area contributed by atoms with Gasteiger partial charge in [-0.25, -0.2) is 0 Å². The van der Waals surface area contributed by atoms with E-state index in [9.17, 15) is 4.79 Å². The van der Waals surface area contributed by atoms with E-state index in [2.05, 4.69) is 6.07 Å². The first-order chi connectivity index (χ1) is 8.31. The maximum absolute atomic E-state index is 12.4. The topological polar surface area (TPSA) is 44.1 Å². The van der Waals surface area contributed by atoms with Gasteiger partial charge in [0.15, 0.2) is 0 Å². The Kier molecular flexibility index (Phi) is 2.82. The molecule has 3 nitrogen and oxygen atoms in total. The Morgan fingerprint density at radius 2 is 1.65 bits per heavy atom. The molecule has 0 N–H and O–H groups in total. The number of carbonyl (C=O) groups excluding carboxylic acids is 1. The summed E-state index contributed by atoms with van der Waals surface area (Å²) in [6.45, 7) is 1.63. The summed E-state index contributed by atoms with van der Waals surface area (Å²) >= 11 is 0. The molecule has 1 aliphatic heterocycles. The van der Waals surface area contributed by atoms with Crippen molar-refractivity contribution in [2.24, 2.45) is 23.7 Å². The van der Waals surface area contributed by atoms with Gasteiger partial charge in [-0.05, 0) is 37.5 Å². The molecule has 2 unspecified atom stereocenters. The first-order valence-corrected chi connectivity index (χ1v) is 6.99. The lowest BCUT2D eigenvalue weighted by atomic mass is 9.98. The molecule has 3 rings (SSSR count). The monoisotopic (exact) mass is 232 g/mol. The second kappa shape index (κ2) is 4.33. The van der Waals surface area contributed by atoms with Crippen LogP contribution in [0.1, 0.15) is 38.5 Å². The van der Waals surface area contributed by atoms with Crippen molar-refractivity contribution in [1.82, 2.24) is 4.90 Å². The van der Waals surface area contributed by atoms with E-state index < -0.39 is 0 Å². The van der Waals surface area contributed by atoms with Gasteiger partial charge in [0.25, 0.3) is 0 Å². The first kappa shape index (κ1) is 11.1. The molecule has 1 amide bonds. The first-order valence-electron chi connectivity index (χ1n) is 6.99. The lowest BCUT2D eigenvalue weighted by molar-refractivity contribution is -0.134. The fourth-order valence-corrected chi connectivity index (χ4v) is 3.80. The van der Waals surface area contributed by atoms with E-state index in [0.717, 1.165) is 25.9 Å². The number of carbonyl (C=O) groups is 1. The molecule has 3 heteroatoms. The molecule has 2 saturated carbocycles. The number of nitrogens with zero attached hydrogens (tertiary/aromatic N) is 2. The highest BCUT2D eigenvalue weighted by molar-refractivity contribution is 5.82. The van der Waals surface area contributed by atoms with Gasteiger partial charge in [0.2, 0.25) is 5.91 Å². The second-order valence-electron chi connectivity index (χ2n) is 5.87. The molecule has 0 spiro atoms. The molecule has 0 aromatic heterocycles. The molecule has 17 heavy (non-hydrogen) atoms. The molecule has 0 aromatic rings. The van der Waals surface area contributed by atoms with Gasteiger partial charge in [-0.15, -0.1) is 0 Å². The summed E-state index contributed by atoms with van der Waals surface area (Å²) < 4.78 is 0. The van der Waals surface area contributed by atoms with Gasteiger partial charge < -0.3 is 4.90 Å². The normalized spacial score (nSPS) is 37.1. The number of nitriles is 1. The van der Waals surface area contributed by atoms with E-state index in [1.165, 1.54) is 25.7 Å². The predicted octanol–water partition coefficient (Wildman–Crippen LogP) is 2.18. The van der Waals surface area contributed by atoms with Crippen LogP contribution in [0.4, 0.5) is 0 Å². The molecule has 1 heterocycles. The number of hydrogen-bond donors (Lipinski definition) is 0. The Balaban J connectivity index is 1.56. The van der Waals surface area contributed by atoms with Gasteiger partial charge in [-0.3, -0.25) is 4.79 Å². The average Bonchev–Trinajstić information content (AvgIpc) is 3.12. The molecular weight excluding hydrogens is 212 g/mol. The van der Waals surface area contributed by atoms with Gasteiger partial charge >= 0.3 is 0 Å². The Morgan fingerprint density at radius 1 is 1.06 bits per heavy atom. The Hall–Kier alpha value is -1.04. The largest absolute Gasteiger partial charge is 0.342 e. The van der Waals surface area contributed by atoms with Gasteiger partial charge in [0, 0.05) is 24.9 Å². The van der Waals surface area contributed by atoms with E-state index in [1.807, 2.05) is 4.90 Å². The maximum Gasteiger partial charge on any atom is 0.226 e. The van der Waals surface area contributed by atoms with Crippen LogP contribution >= 0.6 is 0 Å². The molecule has 1 saturated heterocycles. The summed E-state index contributed by atoms with van der Waals surface area (Å²) in [6, 6.07) is 2.32. The molecule has 3 aliphatic rings. The van der Waals surface area contributed by atoms with Crippen LogP contribution in [0, 0.1) is 35.0 Å². The van der Waals surface area contributed by atoms with E-state index in [0.29, 0.717) is 23.7 Å². The zero-order valence-electron chi connectivity index (χ0n) is 10.3. The molecular formula is C14H20N2O. The fourth-order valence-electron chi connectivity index (χ4n) is 3.80. The lowest BCUT2D eigenvalue weighted by Gasteiger charge is -2.29. The number of rotatable bonds is 1. The molecule has 2 atom stereocenters. The van der Waals surface area contributed by atoms with Crippen molar-refractivity contribution in [2.45, 2.75) is 38.5 Å². The van der Waals surface area contributed by atoms with Crippen molar-refractivity contribution in [2.75, 3.05) is 13.1 Å². The molecule has 0 aromatic carbocycles. The average molecular weight is 232 g/mol. The lowest BCUT2D eigenvalue weighted by Crippen LogP contribution is -2.39. The SMILES string of the molecule is N#CC1CCN(C(=O)C2C3CCCCC32)CC1. The van der Waals surface area contributed by atoms with Gasteiger partial charge in [0.1, 0.15) is 0 Å². The summed E-state index contributed by atoms with van der Waals surface area (Å²) in [4.78, 5) is 14.4. The van der Waals surface area contributed by atoms with Gasteiger partial charge in [0.05, 0.1) is 6.07 Å². The standard InChI is InChI=1S/C14H20N2O/c15-9-10-5-7-16(8-6-10)14(17)13-11-3-1-2-4-12(11)13/h10-13H,1-8H2. The van der Waals surface area contributed by atoms with Crippen LogP contribution in [0.3, 0.4) is 0 Å².